The topological polar surface area (TPSA) is 53.7 Å². The number of nitrogens with two attached hydrogens (primary N) is 1. The Hall–Kier alpha value is 0.0569. The zero-order valence-corrected chi connectivity index (χ0v) is 13.1. The van der Waals surface area contributed by atoms with Crippen LogP contribution < -0.4 is 5.73 Å². The molecule has 108 valence electrons. The van der Waals surface area contributed by atoms with Crippen LogP contribution in [0.3, 0.4) is 0 Å². The van der Waals surface area contributed by atoms with E-state index in [9.17, 15) is 0 Å². The van der Waals surface area contributed by atoms with Crippen LogP contribution in [0.4, 0.5) is 0 Å². The van der Waals surface area contributed by atoms with Gasteiger partial charge in [-0.2, -0.15) is 0 Å². The van der Waals surface area contributed by atoms with Crippen molar-refractivity contribution in [2.24, 2.45) is 5.73 Å². The lowest BCUT2D eigenvalue weighted by Crippen LogP contribution is -2.55. The first kappa shape index (κ1) is 16.1. The van der Waals surface area contributed by atoms with Gasteiger partial charge in [0.15, 0.2) is 0 Å². The Morgan fingerprint density at radius 2 is 1.39 bits per heavy atom. The van der Waals surface area contributed by atoms with Gasteiger partial charge in [-0.3, -0.25) is 0 Å². The Labute approximate surface area is 113 Å². The Kier molecular flexibility index (Phi) is 7.40. The van der Waals surface area contributed by atoms with Gasteiger partial charge in [-0.25, -0.2) is 0 Å². The molecule has 0 aliphatic heterocycles. The standard InChI is InChI=1S/C13H29NO3Si/c1-4-15-18(16-5-2,17-6-3)13-11-9-7-8-10-12(13)14/h12-13H,4-11,14H2,1-3H3. The molecule has 0 amide bonds. The van der Waals surface area contributed by atoms with Gasteiger partial charge >= 0.3 is 8.80 Å². The molecule has 18 heavy (non-hydrogen) atoms. The Morgan fingerprint density at radius 3 is 1.89 bits per heavy atom. The molecule has 0 saturated heterocycles. The summed E-state index contributed by atoms with van der Waals surface area (Å²) in [4.78, 5) is 0. The second-order valence-electron chi connectivity index (χ2n) is 4.81. The molecule has 0 aromatic carbocycles. The normalized spacial score (nSPS) is 26.0. The lowest BCUT2D eigenvalue weighted by molar-refractivity contribution is 0.0568. The molecule has 0 aromatic rings. The van der Waals surface area contributed by atoms with Crippen LogP contribution in [0, 0.1) is 0 Å². The van der Waals surface area contributed by atoms with E-state index < -0.39 is 8.80 Å². The van der Waals surface area contributed by atoms with Crippen LogP contribution in [0.15, 0.2) is 0 Å². The zero-order chi connectivity index (χ0) is 13.4. The van der Waals surface area contributed by atoms with Gasteiger partial charge in [-0.1, -0.05) is 19.3 Å². The molecule has 0 spiro atoms. The fourth-order valence-electron chi connectivity index (χ4n) is 2.82. The molecule has 0 heterocycles. The summed E-state index contributed by atoms with van der Waals surface area (Å²) >= 11 is 0. The fourth-order valence-corrected chi connectivity index (χ4v) is 6.17. The first-order valence-corrected chi connectivity index (χ1v) is 9.17. The van der Waals surface area contributed by atoms with Gasteiger partial charge in [0.25, 0.3) is 0 Å². The van der Waals surface area contributed by atoms with Gasteiger partial charge in [0.05, 0.1) is 0 Å². The first-order valence-electron chi connectivity index (χ1n) is 7.37. The Bertz CT molecular complexity index is 211. The molecule has 4 nitrogen and oxygen atoms in total. The maximum atomic E-state index is 6.35. The highest BCUT2D eigenvalue weighted by Crippen LogP contribution is 2.37. The lowest BCUT2D eigenvalue weighted by Gasteiger charge is -2.37. The van der Waals surface area contributed by atoms with Crippen LogP contribution in [0.5, 0.6) is 0 Å². The van der Waals surface area contributed by atoms with Crippen LogP contribution in [0.2, 0.25) is 5.54 Å². The predicted octanol–water partition coefficient (Wildman–Crippen LogP) is 2.70. The van der Waals surface area contributed by atoms with E-state index in [0.29, 0.717) is 19.8 Å². The second kappa shape index (κ2) is 8.27. The molecule has 1 aliphatic carbocycles. The molecule has 5 heteroatoms. The first-order chi connectivity index (χ1) is 8.70. The molecule has 0 radical (unpaired) electrons. The van der Waals surface area contributed by atoms with Gasteiger partial charge in [0.1, 0.15) is 0 Å². The van der Waals surface area contributed by atoms with Crippen LogP contribution in [-0.4, -0.2) is 34.7 Å². The summed E-state index contributed by atoms with van der Waals surface area (Å²) in [6.45, 7) is 7.91. The minimum atomic E-state index is -2.61. The summed E-state index contributed by atoms with van der Waals surface area (Å²) in [7, 11) is -2.61. The van der Waals surface area contributed by atoms with Gasteiger partial charge in [-0.15, -0.1) is 0 Å². The van der Waals surface area contributed by atoms with Gasteiger partial charge in [-0.05, 0) is 33.6 Å². The number of hydrogen-bond acceptors (Lipinski definition) is 4. The van der Waals surface area contributed by atoms with Crippen molar-refractivity contribution < 1.29 is 13.3 Å². The van der Waals surface area contributed by atoms with Crippen LogP contribution in [-0.2, 0) is 13.3 Å². The van der Waals surface area contributed by atoms with Crippen molar-refractivity contribution in [3.8, 4) is 0 Å². The van der Waals surface area contributed by atoms with Crippen molar-refractivity contribution in [2.75, 3.05) is 19.8 Å². The Balaban J connectivity index is 2.88. The number of hydrogen-bond donors (Lipinski definition) is 1. The van der Waals surface area contributed by atoms with E-state index in [2.05, 4.69) is 0 Å². The molecule has 1 fully saturated rings. The van der Waals surface area contributed by atoms with Gasteiger partial charge in [0, 0.05) is 31.4 Å². The largest absolute Gasteiger partial charge is 0.505 e. The van der Waals surface area contributed by atoms with Crippen molar-refractivity contribution in [3.63, 3.8) is 0 Å². The van der Waals surface area contributed by atoms with E-state index in [0.717, 1.165) is 12.8 Å². The monoisotopic (exact) mass is 275 g/mol. The Morgan fingerprint density at radius 1 is 0.889 bits per heavy atom. The van der Waals surface area contributed by atoms with Crippen LogP contribution in [0.25, 0.3) is 0 Å². The molecular weight excluding hydrogens is 246 g/mol. The summed E-state index contributed by atoms with van der Waals surface area (Å²) in [5.41, 5.74) is 6.61. The SMILES string of the molecule is CCO[Si](OCC)(OCC)C1CCCCCC1N. The highest BCUT2D eigenvalue weighted by molar-refractivity contribution is 6.62. The van der Waals surface area contributed by atoms with Gasteiger partial charge in [0.2, 0.25) is 0 Å². The quantitative estimate of drug-likeness (QED) is 0.573. The molecule has 2 atom stereocenters. The smallest absolute Gasteiger partial charge is 0.374 e. The van der Waals surface area contributed by atoms with E-state index >= 15 is 0 Å². The average Bonchev–Trinajstić information content (AvgIpc) is 2.55. The summed E-state index contributed by atoms with van der Waals surface area (Å²) < 4.78 is 18.0. The summed E-state index contributed by atoms with van der Waals surface area (Å²) in [5, 5.41) is 0. The van der Waals surface area contributed by atoms with Crippen molar-refractivity contribution >= 4 is 8.80 Å². The molecular formula is C13H29NO3Si. The van der Waals surface area contributed by atoms with Crippen molar-refractivity contribution in [1.29, 1.82) is 0 Å². The minimum Gasteiger partial charge on any atom is -0.374 e. The average molecular weight is 275 g/mol. The van der Waals surface area contributed by atoms with E-state index in [1.54, 1.807) is 0 Å². The summed E-state index contributed by atoms with van der Waals surface area (Å²) in [6, 6.07) is 0.156. The van der Waals surface area contributed by atoms with E-state index in [-0.39, 0.29) is 11.6 Å². The predicted molar refractivity (Wildman–Crippen MR) is 75.4 cm³/mol. The van der Waals surface area contributed by atoms with Crippen molar-refractivity contribution in [1.82, 2.24) is 0 Å². The molecule has 1 saturated carbocycles. The number of rotatable bonds is 7. The molecule has 2 unspecified atom stereocenters. The molecule has 0 aromatic heterocycles. The molecule has 2 N–H and O–H groups in total. The van der Waals surface area contributed by atoms with E-state index in [1.807, 2.05) is 20.8 Å². The van der Waals surface area contributed by atoms with E-state index in [4.69, 9.17) is 19.0 Å². The molecule has 0 bridgehead atoms. The summed E-state index contributed by atoms with van der Waals surface area (Å²) in [6.07, 6.45) is 5.83. The van der Waals surface area contributed by atoms with E-state index in [1.165, 1.54) is 19.3 Å². The van der Waals surface area contributed by atoms with Gasteiger partial charge < -0.3 is 19.0 Å². The third kappa shape index (κ3) is 4.03. The molecule has 1 aliphatic rings. The van der Waals surface area contributed by atoms with Crippen molar-refractivity contribution in [3.05, 3.63) is 0 Å². The zero-order valence-electron chi connectivity index (χ0n) is 12.1. The third-order valence-corrected chi connectivity index (χ3v) is 7.26. The maximum absolute atomic E-state index is 6.35. The summed E-state index contributed by atoms with van der Waals surface area (Å²) in [5.74, 6) is 0. The third-order valence-electron chi connectivity index (χ3n) is 3.56. The minimum absolute atomic E-state index is 0.156. The lowest BCUT2D eigenvalue weighted by atomic mass is 10.1. The maximum Gasteiger partial charge on any atom is 0.505 e. The molecule has 1 rings (SSSR count). The second-order valence-corrected chi connectivity index (χ2v) is 7.63. The van der Waals surface area contributed by atoms with Crippen molar-refractivity contribution in [2.45, 2.75) is 64.5 Å². The highest BCUT2D eigenvalue weighted by atomic mass is 28.4. The van der Waals surface area contributed by atoms with Crippen LogP contribution >= 0.6 is 0 Å². The fraction of sp³-hybridized carbons (Fsp3) is 1.00. The van der Waals surface area contributed by atoms with Crippen LogP contribution in [0.1, 0.15) is 52.9 Å². The highest BCUT2D eigenvalue weighted by Gasteiger charge is 2.51.